The van der Waals surface area contributed by atoms with Gasteiger partial charge in [-0.2, -0.15) is 0 Å². The van der Waals surface area contributed by atoms with Gasteiger partial charge in [0.1, 0.15) is 0 Å². The normalized spacial score (nSPS) is 22.5. The second kappa shape index (κ2) is 10.9. The smallest absolute Gasteiger partial charge is 0.328 e. The molecule has 1 heterocycles. The Morgan fingerprint density at radius 2 is 1.74 bits per heavy atom. The maximum atomic E-state index is 12.5. The first-order chi connectivity index (χ1) is 14.8. The molecule has 2 unspecified atom stereocenters. The molecule has 2 aliphatic rings. The number of piperazine rings is 1. The molecule has 2 atom stereocenters. The summed E-state index contributed by atoms with van der Waals surface area (Å²) in [5.74, 6) is -0.0493. The minimum atomic E-state index is -3.93. The highest BCUT2D eigenvalue weighted by molar-refractivity contribution is 7.90. The number of carbonyl (C=O) groups excluding carboxylic acids is 2. The highest BCUT2D eigenvalue weighted by Gasteiger charge is 2.23. The lowest BCUT2D eigenvalue weighted by Crippen LogP contribution is -2.59. The Bertz CT molecular complexity index is 845. The van der Waals surface area contributed by atoms with Crippen molar-refractivity contribution in [2.75, 3.05) is 19.6 Å². The average molecular weight is 452 g/mol. The molecule has 9 nitrogen and oxygen atoms in total. The third-order valence-electron chi connectivity index (χ3n) is 5.77. The van der Waals surface area contributed by atoms with Gasteiger partial charge in [0.05, 0.1) is 10.9 Å². The van der Waals surface area contributed by atoms with Gasteiger partial charge in [-0.15, -0.1) is 0 Å². The zero-order chi connectivity index (χ0) is 22.3. The van der Waals surface area contributed by atoms with Crippen molar-refractivity contribution < 1.29 is 18.0 Å². The Labute approximate surface area is 184 Å². The highest BCUT2D eigenvalue weighted by atomic mass is 32.2. The number of amides is 3. The van der Waals surface area contributed by atoms with Crippen molar-refractivity contribution in [3.63, 3.8) is 0 Å². The zero-order valence-electron chi connectivity index (χ0n) is 17.9. The van der Waals surface area contributed by atoms with E-state index in [1.54, 1.807) is 12.1 Å². The lowest BCUT2D eigenvalue weighted by Gasteiger charge is -2.28. The van der Waals surface area contributed by atoms with E-state index < -0.39 is 16.1 Å². The van der Waals surface area contributed by atoms with Crippen molar-refractivity contribution in [2.45, 2.75) is 68.5 Å². The van der Waals surface area contributed by atoms with E-state index in [1.165, 1.54) is 12.1 Å². The first-order valence-corrected chi connectivity index (χ1v) is 12.5. The SMILES string of the molecule is CC1CNC(C(=O)NCCc2ccc(S(=O)(=O)NC(=O)NC3CCCCC3)cc2)CN1. The molecule has 172 valence electrons. The highest BCUT2D eigenvalue weighted by Crippen LogP contribution is 2.17. The number of nitrogens with one attached hydrogen (secondary N) is 5. The molecule has 0 spiro atoms. The lowest BCUT2D eigenvalue weighted by molar-refractivity contribution is -0.123. The number of carbonyl (C=O) groups is 2. The van der Waals surface area contributed by atoms with E-state index >= 15 is 0 Å². The van der Waals surface area contributed by atoms with Crippen LogP contribution in [0.25, 0.3) is 0 Å². The summed E-state index contributed by atoms with van der Waals surface area (Å²) in [6.07, 6.45) is 5.59. The van der Waals surface area contributed by atoms with Gasteiger partial charge in [0.2, 0.25) is 5.91 Å². The minimum absolute atomic E-state index is 0.0320. The molecule has 0 radical (unpaired) electrons. The molecule has 2 fully saturated rings. The fourth-order valence-corrected chi connectivity index (χ4v) is 4.81. The predicted molar refractivity (Wildman–Crippen MR) is 118 cm³/mol. The summed E-state index contributed by atoms with van der Waals surface area (Å²) in [4.78, 5) is 24.3. The maximum Gasteiger partial charge on any atom is 0.328 e. The first kappa shape index (κ1) is 23.5. The number of sulfonamides is 1. The number of urea groups is 1. The van der Waals surface area contributed by atoms with Crippen LogP contribution in [0.3, 0.4) is 0 Å². The van der Waals surface area contributed by atoms with Crippen LogP contribution in [-0.2, 0) is 21.2 Å². The van der Waals surface area contributed by atoms with Crippen molar-refractivity contribution >= 4 is 22.0 Å². The summed E-state index contributed by atoms with van der Waals surface area (Å²) in [6.45, 7) is 3.87. The van der Waals surface area contributed by atoms with E-state index in [0.29, 0.717) is 25.6 Å². The van der Waals surface area contributed by atoms with Gasteiger partial charge in [0.25, 0.3) is 10.0 Å². The molecular formula is C21H33N5O4S. The van der Waals surface area contributed by atoms with Crippen molar-refractivity contribution in [3.8, 4) is 0 Å². The fourth-order valence-electron chi connectivity index (χ4n) is 3.90. The van der Waals surface area contributed by atoms with Crippen molar-refractivity contribution in [1.29, 1.82) is 0 Å². The molecule has 10 heteroatoms. The van der Waals surface area contributed by atoms with Gasteiger partial charge in [0, 0.05) is 31.7 Å². The maximum absolute atomic E-state index is 12.5. The van der Waals surface area contributed by atoms with E-state index in [9.17, 15) is 18.0 Å². The Hall–Kier alpha value is -2.17. The Morgan fingerprint density at radius 3 is 2.39 bits per heavy atom. The second-order valence-electron chi connectivity index (χ2n) is 8.37. The van der Waals surface area contributed by atoms with E-state index in [1.807, 2.05) is 0 Å². The Kier molecular flexibility index (Phi) is 8.28. The summed E-state index contributed by atoms with van der Waals surface area (Å²) in [7, 11) is -3.93. The first-order valence-electron chi connectivity index (χ1n) is 11.0. The Morgan fingerprint density at radius 1 is 1.03 bits per heavy atom. The molecule has 1 aromatic carbocycles. The van der Waals surface area contributed by atoms with Crippen LogP contribution in [-0.4, -0.2) is 58.1 Å². The molecular weight excluding hydrogens is 418 g/mol. The van der Waals surface area contributed by atoms with E-state index in [0.717, 1.165) is 44.2 Å². The van der Waals surface area contributed by atoms with Crippen LogP contribution in [0.2, 0.25) is 0 Å². The van der Waals surface area contributed by atoms with Crippen LogP contribution in [0, 0.1) is 0 Å². The van der Waals surface area contributed by atoms with Gasteiger partial charge in [-0.3, -0.25) is 4.79 Å². The van der Waals surface area contributed by atoms with Gasteiger partial charge in [0.15, 0.2) is 0 Å². The molecule has 0 bridgehead atoms. The monoisotopic (exact) mass is 451 g/mol. The van der Waals surface area contributed by atoms with Gasteiger partial charge in [-0.1, -0.05) is 31.4 Å². The van der Waals surface area contributed by atoms with Crippen LogP contribution in [0.1, 0.15) is 44.6 Å². The lowest BCUT2D eigenvalue weighted by atomic mass is 9.96. The standard InChI is InChI=1S/C21H33N5O4S/c1-15-13-24-19(14-23-15)20(27)22-12-11-16-7-9-18(10-8-16)31(29,30)26-21(28)25-17-5-3-2-4-6-17/h7-10,15,17,19,23-24H,2-6,11-14H2,1H3,(H,22,27)(H2,25,26,28). The molecule has 1 aliphatic heterocycles. The van der Waals surface area contributed by atoms with E-state index in [4.69, 9.17) is 0 Å². The zero-order valence-corrected chi connectivity index (χ0v) is 18.8. The number of benzene rings is 1. The molecule has 3 amide bonds. The van der Waals surface area contributed by atoms with E-state index in [-0.39, 0.29) is 22.9 Å². The summed E-state index contributed by atoms with van der Waals surface area (Å²) < 4.78 is 27.0. The van der Waals surface area contributed by atoms with Gasteiger partial charge < -0.3 is 21.3 Å². The summed E-state index contributed by atoms with van der Waals surface area (Å²) in [6, 6.07) is 5.80. The quantitative estimate of drug-likeness (QED) is 0.413. The second-order valence-corrected chi connectivity index (χ2v) is 10.1. The summed E-state index contributed by atoms with van der Waals surface area (Å²) in [5.41, 5.74) is 0.897. The Balaban J connectivity index is 1.44. The molecule has 1 aliphatic carbocycles. The summed E-state index contributed by atoms with van der Waals surface area (Å²) in [5, 5.41) is 12.1. The van der Waals surface area contributed by atoms with Crippen LogP contribution in [0.4, 0.5) is 4.79 Å². The van der Waals surface area contributed by atoms with Crippen molar-refractivity contribution in [2.24, 2.45) is 0 Å². The summed E-state index contributed by atoms with van der Waals surface area (Å²) >= 11 is 0. The largest absolute Gasteiger partial charge is 0.354 e. The van der Waals surface area contributed by atoms with E-state index in [2.05, 4.69) is 32.9 Å². The van der Waals surface area contributed by atoms with Crippen LogP contribution in [0.15, 0.2) is 29.2 Å². The van der Waals surface area contributed by atoms with Crippen LogP contribution >= 0.6 is 0 Å². The predicted octanol–water partition coefficient (Wildman–Crippen LogP) is 0.616. The van der Waals surface area contributed by atoms with Gasteiger partial charge >= 0.3 is 6.03 Å². The number of hydrogen-bond donors (Lipinski definition) is 5. The van der Waals surface area contributed by atoms with Gasteiger partial charge in [-0.05, 0) is 43.9 Å². The van der Waals surface area contributed by atoms with Crippen molar-refractivity contribution in [3.05, 3.63) is 29.8 Å². The van der Waals surface area contributed by atoms with Gasteiger partial charge in [-0.25, -0.2) is 17.9 Å². The van der Waals surface area contributed by atoms with Crippen molar-refractivity contribution in [1.82, 2.24) is 26.0 Å². The molecule has 5 N–H and O–H groups in total. The third kappa shape index (κ3) is 7.19. The van der Waals surface area contributed by atoms with Crippen LogP contribution in [0.5, 0.6) is 0 Å². The average Bonchev–Trinajstić information content (AvgIpc) is 2.75. The number of rotatable bonds is 7. The van der Waals surface area contributed by atoms with Crippen LogP contribution < -0.4 is 26.0 Å². The third-order valence-corrected chi connectivity index (χ3v) is 7.12. The molecule has 0 aromatic heterocycles. The fraction of sp³-hybridized carbons (Fsp3) is 0.619. The topological polar surface area (TPSA) is 128 Å². The molecule has 1 saturated heterocycles. The number of hydrogen-bond acceptors (Lipinski definition) is 6. The molecule has 3 rings (SSSR count). The molecule has 31 heavy (non-hydrogen) atoms. The minimum Gasteiger partial charge on any atom is -0.354 e. The molecule has 1 saturated carbocycles. The molecule has 1 aromatic rings.